The lowest BCUT2D eigenvalue weighted by Crippen LogP contribution is -2.47. The second-order valence-corrected chi connectivity index (χ2v) is 4.65. The summed E-state index contributed by atoms with van der Waals surface area (Å²) in [4.78, 5) is 0. The van der Waals surface area contributed by atoms with Gasteiger partial charge in [0.2, 0.25) is 0 Å². The maximum atomic E-state index is 9.50. The Morgan fingerprint density at radius 1 is 1.50 bits per heavy atom. The fraction of sp³-hybridized carbons (Fsp3) is 0.727. The van der Waals surface area contributed by atoms with Crippen molar-refractivity contribution >= 4 is 15.9 Å². The van der Waals surface area contributed by atoms with Crippen molar-refractivity contribution in [1.82, 2.24) is 15.1 Å². The van der Waals surface area contributed by atoms with Crippen molar-refractivity contribution in [2.45, 2.75) is 32.2 Å². The molecule has 0 radical (unpaired) electrons. The van der Waals surface area contributed by atoms with Crippen LogP contribution >= 0.6 is 15.9 Å². The van der Waals surface area contributed by atoms with Gasteiger partial charge in [-0.05, 0) is 41.9 Å². The van der Waals surface area contributed by atoms with Gasteiger partial charge in [0.25, 0.3) is 0 Å². The van der Waals surface area contributed by atoms with Crippen LogP contribution in [0.4, 0.5) is 0 Å². The fourth-order valence-electron chi connectivity index (χ4n) is 1.91. The number of nitrogens with one attached hydrogen (secondary N) is 1. The zero-order valence-electron chi connectivity index (χ0n) is 9.91. The average Bonchev–Trinajstić information content (AvgIpc) is 2.80. The molecule has 1 saturated heterocycles. The summed E-state index contributed by atoms with van der Waals surface area (Å²) in [7, 11) is 0. The number of aliphatic hydroxyl groups excluding tert-OH is 1. The van der Waals surface area contributed by atoms with E-state index < -0.39 is 0 Å². The monoisotopic (exact) mass is 289 g/mol. The van der Waals surface area contributed by atoms with Crippen LogP contribution in [0.5, 0.6) is 0 Å². The van der Waals surface area contributed by atoms with Gasteiger partial charge in [0, 0.05) is 6.20 Å². The molecule has 1 aromatic rings. The van der Waals surface area contributed by atoms with Crippen molar-refractivity contribution in [3.05, 3.63) is 16.9 Å². The summed E-state index contributed by atoms with van der Waals surface area (Å²) >= 11 is 3.37. The molecule has 0 aromatic carbocycles. The molecule has 4 nitrogen and oxygen atoms in total. The van der Waals surface area contributed by atoms with Crippen molar-refractivity contribution < 1.29 is 5.11 Å². The van der Waals surface area contributed by atoms with Crippen LogP contribution in [0.2, 0.25) is 0 Å². The van der Waals surface area contributed by atoms with Crippen molar-refractivity contribution in [2.75, 3.05) is 19.7 Å². The highest BCUT2D eigenvalue weighted by Crippen LogP contribution is 2.27. The summed E-state index contributed by atoms with van der Waals surface area (Å²) in [6.45, 7) is 6.04. The van der Waals surface area contributed by atoms with Gasteiger partial charge in [0.1, 0.15) is 0 Å². The van der Waals surface area contributed by atoms with Gasteiger partial charge >= 0.3 is 0 Å². The van der Waals surface area contributed by atoms with Crippen LogP contribution in [0.15, 0.2) is 16.9 Å². The number of hydrogen-bond acceptors (Lipinski definition) is 3. The van der Waals surface area contributed by atoms with E-state index in [-0.39, 0.29) is 12.1 Å². The van der Waals surface area contributed by atoms with Crippen molar-refractivity contribution in [1.29, 1.82) is 0 Å². The Labute approximate surface area is 105 Å². The third-order valence-corrected chi connectivity index (χ3v) is 3.28. The lowest BCUT2D eigenvalue weighted by molar-refractivity contribution is 0.0855. The molecule has 0 saturated carbocycles. The molecule has 5 heteroatoms. The van der Waals surface area contributed by atoms with Gasteiger partial charge in [0.15, 0.2) is 0 Å². The van der Waals surface area contributed by atoms with Crippen LogP contribution in [0.1, 0.15) is 26.7 Å². The highest BCUT2D eigenvalue weighted by atomic mass is 79.9. The molecule has 2 heterocycles. The summed E-state index contributed by atoms with van der Waals surface area (Å²) < 4.78 is 2.85. The van der Waals surface area contributed by atoms with Crippen molar-refractivity contribution in [2.24, 2.45) is 0 Å². The van der Waals surface area contributed by atoms with E-state index in [9.17, 15) is 5.11 Å². The second-order valence-electron chi connectivity index (χ2n) is 3.74. The Morgan fingerprint density at radius 3 is 2.56 bits per heavy atom. The van der Waals surface area contributed by atoms with Gasteiger partial charge < -0.3 is 10.4 Å². The van der Waals surface area contributed by atoms with E-state index in [1.165, 1.54) is 0 Å². The lowest BCUT2D eigenvalue weighted by Gasteiger charge is -2.36. The normalized spacial score (nSPS) is 18.8. The largest absolute Gasteiger partial charge is 0.394 e. The van der Waals surface area contributed by atoms with E-state index in [0.717, 1.165) is 30.4 Å². The number of nitrogens with zero attached hydrogens (tertiary/aromatic N) is 2. The highest BCUT2D eigenvalue weighted by Gasteiger charge is 2.33. The quantitative estimate of drug-likeness (QED) is 0.872. The predicted octanol–water partition coefficient (Wildman–Crippen LogP) is 1.74. The first kappa shape index (κ1) is 13.7. The van der Waals surface area contributed by atoms with E-state index in [1.807, 2.05) is 24.7 Å². The van der Waals surface area contributed by atoms with Gasteiger partial charge in [-0.15, -0.1) is 0 Å². The van der Waals surface area contributed by atoms with E-state index in [0.29, 0.717) is 0 Å². The molecule has 16 heavy (non-hydrogen) atoms. The average molecular weight is 290 g/mol. The van der Waals surface area contributed by atoms with Gasteiger partial charge in [-0.3, -0.25) is 4.68 Å². The highest BCUT2D eigenvalue weighted by molar-refractivity contribution is 9.10. The zero-order chi connectivity index (χ0) is 12.0. The van der Waals surface area contributed by atoms with E-state index in [4.69, 9.17) is 0 Å². The van der Waals surface area contributed by atoms with E-state index in [1.54, 1.807) is 6.20 Å². The molecule has 0 amide bonds. The zero-order valence-corrected chi connectivity index (χ0v) is 11.5. The first-order valence-corrected chi connectivity index (χ1v) is 6.58. The molecule has 1 aliphatic heterocycles. The Kier molecular flexibility index (Phi) is 5.44. The number of piperidine rings is 1. The molecule has 92 valence electrons. The van der Waals surface area contributed by atoms with E-state index in [2.05, 4.69) is 26.3 Å². The minimum atomic E-state index is -0.197. The summed E-state index contributed by atoms with van der Waals surface area (Å²) in [5.41, 5.74) is -0.197. The van der Waals surface area contributed by atoms with Crippen molar-refractivity contribution in [3.63, 3.8) is 0 Å². The molecule has 0 spiro atoms. The molecular weight excluding hydrogens is 270 g/mol. The number of halogens is 1. The summed E-state index contributed by atoms with van der Waals surface area (Å²) in [6, 6.07) is 0. The van der Waals surface area contributed by atoms with Gasteiger partial charge in [-0.1, -0.05) is 13.8 Å². The molecule has 2 rings (SSSR count). The predicted molar refractivity (Wildman–Crippen MR) is 68.4 cm³/mol. The van der Waals surface area contributed by atoms with Gasteiger partial charge in [0.05, 0.1) is 22.8 Å². The number of rotatable bonds is 2. The van der Waals surface area contributed by atoms with Crippen LogP contribution in [-0.4, -0.2) is 34.6 Å². The molecule has 0 bridgehead atoms. The van der Waals surface area contributed by atoms with Crippen LogP contribution in [0, 0.1) is 0 Å². The smallest absolute Gasteiger partial charge is 0.0881 e. The number of hydrogen-bond donors (Lipinski definition) is 2. The van der Waals surface area contributed by atoms with Crippen molar-refractivity contribution in [3.8, 4) is 0 Å². The Balaban J connectivity index is 0.000000606. The molecule has 1 aliphatic rings. The fourth-order valence-corrected chi connectivity index (χ4v) is 2.20. The maximum absolute atomic E-state index is 9.50. The standard InChI is InChI=1S/C9H14BrN3O.C2H6/c10-8-5-12-13(6-8)9(7-14)1-3-11-4-2-9;1-2/h5-6,11,14H,1-4,7H2;1-2H3. The molecule has 0 aliphatic carbocycles. The molecule has 0 unspecified atom stereocenters. The first-order chi connectivity index (χ1) is 7.77. The topological polar surface area (TPSA) is 50.1 Å². The third-order valence-electron chi connectivity index (χ3n) is 2.87. The summed E-state index contributed by atoms with van der Waals surface area (Å²) in [6.07, 6.45) is 5.55. The SMILES string of the molecule is CC.OCC1(n2cc(Br)cn2)CCNCC1. The first-order valence-electron chi connectivity index (χ1n) is 5.79. The minimum absolute atomic E-state index is 0.156. The summed E-state index contributed by atoms with van der Waals surface area (Å²) in [5.74, 6) is 0. The summed E-state index contributed by atoms with van der Waals surface area (Å²) in [5, 5.41) is 17.1. The minimum Gasteiger partial charge on any atom is -0.394 e. The molecule has 0 atom stereocenters. The van der Waals surface area contributed by atoms with Gasteiger partial charge in [-0.2, -0.15) is 5.10 Å². The van der Waals surface area contributed by atoms with Crippen LogP contribution in [-0.2, 0) is 5.54 Å². The Morgan fingerprint density at radius 2 is 2.12 bits per heavy atom. The van der Waals surface area contributed by atoms with Crippen LogP contribution in [0.3, 0.4) is 0 Å². The second kappa shape index (κ2) is 6.37. The maximum Gasteiger partial charge on any atom is 0.0881 e. The van der Waals surface area contributed by atoms with Crippen LogP contribution in [0.25, 0.3) is 0 Å². The Bertz CT molecular complexity index is 308. The molecule has 2 N–H and O–H groups in total. The molecule has 1 aromatic heterocycles. The molecular formula is C11H20BrN3O. The van der Waals surface area contributed by atoms with Gasteiger partial charge in [-0.25, -0.2) is 0 Å². The number of aliphatic hydroxyl groups is 1. The lowest BCUT2D eigenvalue weighted by atomic mass is 9.89. The van der Waals surface area contributed by atoms with Crippen LogP contribution < -0.4 is 5.32 Å². The third kappa shape index (κ3) is 2.84. The Hall–Kier alpha value is -0.390. The molecule has 1 fully saturated rings. The number of aromatic nitrogens is 2. The van der Waals surface area contributed by atoms with E-state index >= 15 is 0 Å².